The van der Waals surface area contributed by atoms with E-state index in [1.807, 2.05) is 48.5 Å². The lowest BCUT2D eigenvalue weighted by Gasteiger charge is -2.21. The number of aldehydes is 1. The van der Waals surface area contributed by atoms with E-state index in [9.17, 15) is 9.59 Å². The number of amides is 1. The molecule has 2 heterocycles. The summed E-state index contributed by atoms with van der Waals surface area (Å²) in [6, 6.07) is 16.0. The molecule has 0 aliphatic carbocycles. The molecule has 2 atom stereocenters. The maximum Gasteiger partial charge on any atom is 0.220 e. The molecule has 1 unspecified atom stereocenters. The van der Waals surface area contributed by atoms with E-state index in [4.69, 9.17) is 9.47 Å². The molecule has 0 aromatic heterocycles. The Morgan fingerprint density at radius 1 is 1.10 bits per heavy atom. The Bertz CT molecular complexity index is 822. The second kappa shape index (κ2) is 12.4. The van der Waals surface area contributed by atoms with Gasteiger partial charge < -0.3 is 19.6 Å². The third-order valence-corrected chi connectivity index (χ3v) is 5.69. The number of carbonyl (C=O) groups is 2. The van der Waals surface area contributed by atoms with Gasteiger partial charge in [0.05, 0.1) is 13.2 Å². The molecule has 0 saturated heterocycles. The first-order valence-electron chi connectivity index (χ1n) is 11.0. The first-order chi connectivity index (χ1) is 15.2. The van der Waals surface area contributed by atoms with Crippen molar-refractivity contribution < 1.29 is 19.1 Å². The minimum absolute atomic E-state index is 0.0644. The van der Waals surface area contributed by atoms with Gasteiger partial charge in [-0.3, -0.25) is 4.79 Å². The molecule has 2 aliphatic heterocycles. The molecule has 6 heteroatoms. The van der Waals surface area contributed by atoms with Gasteiger partial charge in [-0.1, -0.05) is 24.3 Å². The van der Waals surface area contributed by atoms with Crippen LogP contribution in [0.1, 0.15) is 36.8 Å². The lowest BCUT2D eigenvalue weighted by molar-refractivity contribution is -0.125. The summed E-state index contributed by atoms with van der Waals surface area (Å²) in [7, 11) is 0. The molecule has 2 bridgehead atoms. The summed E-state index contributed by atoms with van der Waals surface area (Å²) in [5.41, 5.74) is 2.26. The number of nitrogens with one attached hydrogen (secondary N) is 1. The van der Waals surface area contributed by atoms with Gasteiger partial charge in [0.25, 0.3) is 0 Å². The molecule has 0 radical (unpaired) electrons. The minimum Gasteiger partial charge on any atom is -0.494 e. The SMILES string of the molecule is O=CC1CCCOc2ccc(cc2)C[C@@H](Cc2ccc(OCCCS)cc2)NC(=O)C1. The fourth-order valence-corrected chi connectivity index (χ4v) is 3.85. The van der Waals surface area contributed by atoms with Crippen molar-refractivity contribution in [2.24, 2.45) is 5.92 Å². The van der Waals surface area contributed by atoms with E-state index >= 15 is 0 Å². The molecular formula is C25H31NO4S. The number of ether oxygens (including phenoxy) is 2. The molecule has 2 aliphatic rings. The number of hydrogen-bond donors (Lipinski definition) is 2. The number of hydrogen-bond acceptors (Lipinski definition) is 5. The third-order valence-electron chi connectivity index (χ3n) is 5.38. The predicted octanol–water partition coefficient (Wildman–Crippen LogP) is 4.03. The molecule has 5 nitrogen and oxygen atoms in total. The fourth-order valence-electron chi connectivity index (χ4n) is 3.72. The zero-order valence-electron chi connectivity index (χ0n) is 17.8. The second-order valence-electron chi connectivity index (χ2n) is 7.98. The maximum absolute atomic E-state index is 12.7. The topological polar surface area (TPSA) is 64.6 Å². The summed E-state index contributed by atoms with van der Waals surface area (Å²) in [6.45, 7) is 1.20. The number of rotatable bonds is 7. The Morgan fingerprint density at radius 3 is 2.58 bits per heavy atom. The van der Waals surface area contributed by atoms with Crippen molar-refractivity contribution in [1.29, 1.82) is 0 Å². The highest BCUT2D eigenvalue weighted by Crippen LogP contribution is 2.19. The third kappa shape index (κ3) is 7.94. The van der Waals surface area contributed by atoms with E-state index in [1.54, 1.807) is 0 Å². The summed E-state index contributed by atoms with van der Waals surface area (Å²) in [6.07, 6.45) is 4.81. The van der Waals surface area contributed by atoms with Gasteiger partial charge >= 0.3 is 0 Å². The number of fused-ring (bicyclic) bond motifs is 11. The average Bonchev–Trinajstić information content (AvgIpc) is 2.78. The summed E-state index contributed by atoms with van der Waals surface area (Å²) in [5, 5.41) is 3.16. The highest BCUT2D eigenvalue weighted by molar-refractivity contribution is 7.80. The molecule has 0 spiro atoms. The molecule has 1 amide bonds. The normalized spacial score (nSPS) is 19.7. The standard InChI is InChI=1S/C25H31NO4S/c27-18-21-3-1-12-29-23-8-4-19(5-9-23)15-22(26-25(28)17-21)16-20-6-10-24(11-7-20)30-13-2-14-31/h4-11,18,21-22,31H,1-3,12-17H2,(H,26,28)/t21?,22-/m0/s1. The number of carbonyl (C=O) groups excluding carboxylic acids is 2. The van der Waals surface area contributed by atoms with Gasteiger partial charge in [-0.2, -0.15) is 12.6 Å². The maximum atomic E-state index is 12.7. The summed E-state index contributed by atoms with van der Waals surface area (Å²) >= 11 is 4.20. The van der Waals surface area contributed by atoms with Gasteiger partial charge in [0.2, 0.25) is 5.91 Å². The van der Waals surface area contributed by atoms with E-state index in [-0.39, 0.29) is 24.3 Å². The Morgan fingerprint density at radius 2 is 1.87 bits per heavy atom. The van der Waals surface area contributed by atoms with Gasteiger partial charge in [0.15, 0.2) is 0 Å². The van der Waals surface area contributed by atoms with E-state index < -0.39 is 0 Å². The van der Waals surface area contributed by atoms with E-state index in [0.29, 0.717) is 32.5 Å². The van der Waals surface area contributed by atoms with E-state index in [1.165, 1.54) is 0 Å². The molecule has 2 aromatic rings. The largest absolute Gasteiger partial charge is 0.494 e. The Hall–Kier alpha value is -2.47. The molecule has 31 heavy (non-hydrogen) atoms. The van der Waals surface area contributed by atoms with Crippen LogP contribution < -0.4 is 14.8 Å². The molecule has 0 fully saturated rings. The van der Waals surface area contributed by atoms with Crippen molar-refractivity contribution in [1.82, 2.24) is 5.32 Å². The van der Waals surface area contributed by atoms with Crippen molar-refractivity contribution >= 4 is 24.8 Å². The monoisotopic (exact) mass is 441 g/mol. The van der Waals surface area contributed by atoms with Crippen molar-refractivity contribution in [3.8, 4) is 11.5 Å². The van der Waals surface area contributed by atoms with Crippen LogP contribution in [0.4, 0.5) is 0 Å². The zero-order chi connectivity index (χ0) is 21.9. The molecule has 166 valence electrons. The predicted molar refractivity (Wildman–Crippen MR) is 125 cm³/mol. The lowest BCUT2D eigenvalue weighted by atomic mass is 9.97. The lowest BCUT2D eigenvalue weighted by Crippen LogP contribution is -2.39. The zero-order valence-corrected chi connectivity index (χ0v) is 18.7. The smallest absolute Gasteiger partial charge is 0.220 e. The first kappa shape index (κ1) is 23.2. The number of thiol groups is 1. The van der Waals surface area contributed by atoms with Crippen LogP contribution in [-0.2, 0) is 22.4 Å². The van der Waals surface area contributed by atoms with Crippen LogP contribution in [0, 0.1) is 5.92 Å². The quantitative estimate of drug-likeness (QED) is 0.387. The van der Waals surface area contributed by atoms with Gasteiger partial charge in [-0.15, -0.1) is 0 Å². The van der Waals surface area contributed by atoms with Crippen LogP contribution in [0.5, 0.6) is 11.5 Å². The Balaban J connectivity index is 1.71. The fraction of sp³-hybridized carbons (Fsp3) is 0.440. The van der Waals surface area contributed by atoms with Crippen LogP contribution in [-0.4, -0.2) is 37.2 Å². The van der Waals surface area contributed by atoms with Gasteiger partial charge in [0.1, 0.15) is 17.8 Å². The second-order valence-corrected chi connectivity index (χ2v) is 8.42. The molecule has 1 N–H and O–H groups in total. The summed E-state index contributed by atoms with van der Waals surface area (Å²) in [4.78, 5) is 24.1. The van der Waals surface area contributed by atoms with Crippen molar-refractivity contribution in [2.45, 2.75) is 44.6 Å². The molecule has 4 rings (SSSR count). The average molecular weight is 442 g/mol. The van der Waals surface area contributed by atoms with E-state index in [2.05, 4.69) is 17.9 Å². The molecule has 0 saturated carbocycles. The van der Waals surface area contributed by atoms with Gasteiger partial charge in [-0.25, -0.2) is 0 Å². The van der Waals surface area contributed by atoms with Crippen LogP contribution in [0.3, 0.4) is 0 Å². The van der Waals surface area contributed by atoms with Crippen molar-refractivity contribution in [3.05, 3.63) is 59.7 Å². The summed E-state index contributed by atoms with van der Waals surface area (Å²) in [5.74, 6) is 2.12. The number of benzene rings is 2. The van der Waals surface area contributed by atoms with Gasteiger partial charge in [-0.05, 0) is 73.2 Å². The van der Waals surface area contributed by atoms with Crippen LogP contribution in [0.15, 0.2) is 48.5 Å². The minimum atomic E-state index is -0.276. The highest BCUT2D eigenvalue weighted by atomic mass is 32.1. The highest BCUT2D eigenvalue weighted by Gasteiger charge is 2.19. The van der Waals surface area contributed by atoms with Crippen molar-refractivity contribution in [3.63, 3.8) is 0 Å². The Kier molecular flexibility index (Phi) is 9.28. The van der Waals surface area contributed by atoms with Crippen LogP contribution >= 0.6 is 12.6 Å². The van der Waals surface area contributed by atoms with Crippen LogP contribution in [0.2, 0.25) is 0 Å². The molecule has 2 aromatic carbocycles. The van der Waals surface area contributed by atoms with Crippen LogP contribution in [0.25, 0.3) is 0 Å². The summed E-state index contributed by atoms with van der Waals surface area (Å²) < 4.78 is 11.5. The molecular weight excluding hydrogens is 410 g/mol. The Labute approximate surface area is 189 Å². The first-order valence-corrected chi connectivity index (χ1v) is 11.6. The van der Waals surface area contributed by atoms with Crippen molar-refractivity contribution in [2.75, 3.05) is 19.0 Å². The van der Waals surface area contributed by atoms with Gasteiger partial charge in [0, 0.05) is 18.4 Å². The van der Waals surface area contributed by atoms with E-state index in [0.717, 1.165) is 47.5 Å².